The van der Waals surface area contributed by atoms with Crippen molar-refractivity contribution in [3.8, 4) is 0 Å². The van der Waals surface area contributed by atoms with Gasteiger partial charge in [0.15, 0.2) is 0 Å². The first kappa shape index (κ1) is 17.3. The van der Waals surface area contributed by atoms with Crippen molar-refractivity contribution < 1.29 is 14.3 Å². The lowest BCUT2D eigenvalue weighted by atomic mass is 10.0. The van der Waals surface area contributed by atoms with Crippen LogP contribution in [0.4, 0.5) is 5.82 Å². The molecule has 3 aliphatic rings. The number of hydrogen-bond donors (Lipinski definition) is 1. The minimum atomic E-state index is -0.0718. The number of carbonyl (C=O) groups is 2. The second-order valence-electron chi connectivity index (χ2n) is 7.36. The van der Waals surface area contributed by atoms with Gasteiger partial charge in [0.05, 0.1) is 24.8 Å². The highest BCUT2D eigenvalue weighted by atomic mass is 16.5. The summed E-state index contributed by atoms with van der Waals surface area (Å²) in [5.41, 5.74) is 0.981. The van der Waals surface area contributed by atoms with Gasteiger partial charge in [0.2, 0.25) is 11.8 Å². The van der Waals surface area contributed by atoms with E-state index >= 15 is 0 Å². The number of allylic oxidation sites excluding steroid dienone is 1. The molecule has 2 amide bonds. The Hall–Kier alpha value is -2.15. The van der Waals surface area contributed by atoms with E-state index < -0.39 is 0 Å². The fraction of sp³-hybridized carbons (Fsp3) is 0.632. The largest absolute Gasteiger partial charge is 0.381 e. The van der Waals surface area contributed by atoms with Crippen molar-refractivity contribution in [3.05, 3.63) is 23.9 Å². The number of amides is 2. The Morgan fingerprint density at radius 1 is 1.23 bits per heavy atom. The molecular weight excluding hydrogens is 332 g/mol. The number of rotatable bonds is 4. The summed E-state index contributed by atoms with van der Waals surface area (Å²) < 4.78 is 7.20. The molecule has 0 bridgehead atoms. The van der Waals surface area contributed by atoms with Gasteiger partial charge in [-0.15, -0.1) is 0 Å². The number of carbonyl (C=O) groups excluding carboxylic acids is 2. The second-order valence-corrected chi connectivity index (χ2v) is 7.36. The summed E-state index contributed by atoms with van der Waals surface area (Å²) in [6.07, 6.45) is 9.34. The monoisotopic (exact) mass is 358 g/mol. The first-order valence-electron chi connectivity index (χ1n) is 9.63. The number of piperidine rings is 1. The SMILES string of the molecule is O=C(Nc1ccnn1C1CCN(C(=O)C2=CCCC2)CC1)C1CCOC1. The van der Waals surface area contributed by atoms with Crippen molar-refractivity contribution in [2.75, 3.05) is 31.6 Å². The van der Waals surface area contributed by atoms with Crippen LogP contribution in [-0.2, 0) is 14.3 Å². The van der Waals surface area contributed by atoms with Gasteiger partial charge in [-0.05, 0) is 38.5 Å². The number of ether oxygens (including phenoxy) is 1. The predicted octanol–water partition coefficient (Wildman–Crippen LogP) is 2.13. The van der Waals surface area contributed by atoms with Crippen molar-refractivity contribution in [3.63, 3.8) is 0 Å². The van der Waals surface area contributed by atoms with Crippen molar-refractivity contribution in [1.29, 1.82) is 0 Å². The average molecular weight is 358 g/mol. The molecule has 1 aliphatic carbocycles. The molecule has 0 aromatic carbocycles. The van der Waals surface area contributed by atoms with Crippen LogP contribution >= 0.6 is 0 Å². The average Bonchev–Trinajstić information content (AvgIpc) is 3.43. The Balaban J connectivity index is 1.35. The Labute approximate surface area is 153 Å². The van der Waals surface area contributed by atoms with E-state index in [1.165, 1.54) is 0 Å². The number of likely N-dealkylation sites (tertiary alicyclic amines) is 1. The number of nitrogens with one attached hydrogen (secondary N) is 1. The van der Waals surface area contributed by atoms with Crippen LogP contribution in [0.1, 0.15) is 44.6 Å². The number of hydrogen-bond acceptors (Lipinski definition) is 4. The number of nitrogens with zero attached hydrogens (tertiary/aromatic N) is 3. The molecule has 2 saturated heterocycles. The number of anilines is 1. The van der Waals surface area contributed by atoms with Crippen LogP contribution in [0.2, 0.25) is 0 Å². The minimum Gasteiger partial charge on any atom is -0.381 e. The normalized spacial score (nSPS) is 23.9. The zero-order valence-electron chi connectivity index (χ0n) is 15.0. The summed E-state index contributed by atoms with van der Waals surface area (Å²) >= 11 is 0. The molecule has 26 heavy (non-hydrogen) atoms. The van der Waals surface area contributed by atoms with Gasteiger partial charge in [-0.2, -0.15) is 5.10 Å². The van der Waals surface area contributed by atoms with E-state index in [1.54, 1.807) is 6.20 Å². The van der Waals surface area contributed by atoms with Gasteiger partial charge in [-0.25, -0.2) is 4.68 Å². The van der Waals surface area contributed by atoms with Gasteiger partial charge in [0.25, 0.3) is 0 Å². The summed E-state index contributed by atoms with van der Waals surface area (Å²) in [7, 11) is 0. The van der Waals surface area contributed by atoms with E-state index in [0.717, 1.165) is 63.0 Å². The van der Waals surface area contributed by atoms with E-state index in [9.17, 15) is 9.59 Å². The summed E-state index contributed by atoms with van der Waals surface area (Å²) in [4.78, 5) is 26.8. The van der Waals surface area contributed by atoms with Crippen molar-refractivity contribution in [2.45, 2.75) is 44.6 Å². The van der Waals surface area contributed by atoms with Gasteiger partial charge < -0.3 is 15.0 Å². The quantitative estimate of drug-likeness (QED) is 0.895. The predicted molar refractivity (Wildman–Crippen MR) is 96.6 cm³/mol. The van der Waals surface area contributed by atoms with Crippen LogP contribution in [0.25, 0.3) is 0 Å². The Morgan fingerprint density at radius 3 is 2.77 bits per heavy atom. The second kappa shape index (κ2) is 7.61. The molecule has 3 heterocycles. The topological polar surface area (TPSA) is 76.5 Å². The third-order valence-electron chi connectivity index (χ3n) is 5.64. The van der Waals surface area contributed by atoms with Gasteiger partial charge in [-0.1, -0.05) is 6.08 Å². The third kappa shape index (κ3) is 3.53. The molecular formula is C19H26N4O3. The summed E-state index contributed by atoms with van der Waals surface area (Å²) in [6.45, 7) is 2.63. The first-order valence-corrected chi connectivity index (χ1v) is 9.63. The molecule has 7 heteroatoms. The van der Waals surface area contributed by atoms with Crippen molar-refractivity contribution in [1.82, 2.24) is 14.7 Å². The lowest BCUT2D eigenvalue weighted by molar-refractivity contribution is -0.128. The van der Waals surface area contributed by atoms with E-state index in [1.807, 2.05) is 15.6 Å². The first-order chi connectivity index (χ1) is 12.7. The maximum Gasteiger partial charge on any atom is 0.249 e. The minimum absolute atomic E-state index is 0.00466. The fourth-order valence-electron chi connectivity index (χ4n) is 4.06. The van der Waals surface area contributed by atoms with Crippen LogP contribution in [0.3, 0.4) is 0 Å². The van der Waals surface area contributed by atoms with Crippen LogP contribution < -0.4 is 5.32 Å². The molecule has 1 atom stereocenters. The van der Waals surface area contributed by atoms with Crippen molar-refractivity contribution >= 4 is 17.6 Å². The molecule has 140 valence electrons. The standard InChI is InChI=1S/C19H26N4O3/c24-18(15-8-12-26-13-15)21-17-5-9-20-23(17)16-6-10-22(11-7-16)19(25)14-3-1-2-4-14/h3,5,9,15-16H,1-2,4,6-8,10-13H2,(H,21,24). The molecule has 0 radical (unpaired) electrons. The maximum atomic E-state index is 12.5. The zero-order valence-corrected chi connectivity index (χ0v) is 15.0. The van der Waals surface area contributed by atoms with Crippen LogP contribution in [0.5, 0.6) is 0 Å². The van der Waals surface area contributed by atoms with Gasteiger partial charge in [0.1, 0.15) is 5.82 Å². The molecule has 1 aromatic heterocycles. The molecule has 7 nitrogen and oxygen atoms in total. The third-order valence-corrected chi connectivity index (χ3v) is 5.64. The smallest absolute Gasteiger partial charge is 0.249 e. The molecule has 2 fully saturated rings. The summed E-state index contributed by atoms with van der Waals surface area (Å²) in [5.74, 6) is 0.879. The molecule has 1 N–H and O–H groups in total. The lowest BCUT2D eigenvalue weighted by Crippen LogP contribution is -2.40. The summed E-state index contributed by atoms with van der Waals surface area (Å²) in [5, 5.41) is 7.42. The highest BCUT2D eigenvalue weighted by Crippen LogP contribution is 2.28. The van der Waals surface area contributed by atoms with Crippen molar-refractivity contribution in [2.24, 2.45) is 5.92 Å². The lowest BCUT2D eigenvalue weighted by Gasteiger charge is -2.33. The van der Waals surface area contributed by atoms with E-state index in [4.69, 9.17) is 4.74 Å². The highest BCUT2D eigenvalue weighted by molar-refractivity contribution is 5.94. The van der Waals surface area contributed by atoms with Gasteiger partial charge in [0, 0.05) is 31.3 Å². The van der Waals surface area contributed by atoms with E-state index in [0.29, 0.717) is 13.2 Å². The Morgan fingerprint density at radius 2 is 2.08 bits per heavy atom. The molecule has 2 aliphatic heterocycles. The van der Waals surface area contributed by atoms with Crippen LogP contribution in [0.15, 0.2) is 23.9 Å². The van der Waals surface area contributed by atoms with E-state index in [2.05, 4.69) is 16.5 Å². The Bertz CT molecular complexity index is 697. The molecule has 4 rings (SSSR count). The fourth-order valence-corrected chi connectivity index (χ4v) is 4.06. The summed E-state index contributed by atoms with van der Waals surface area (Å²) in [6, 6.07) is 2.05. The maximum absolute atomic E-state index is 12.5. The molecule has 0 saturated carbocycles. The molecule has 0 spiro atoms. The highest BCUT2D eigenvalue weighted by Gasteiger charge is 2.29. The van der Waals surface area contributed by atoms with Gasteiger partial charge >= 0.3 is 0 Å². The zero-order chi connectivity index (χ0) is 17.9. The Kier molecular flexibility index (Phi) is 5.06. The van der Waals surface area contributed by atoms with E-state index in [-0.39, 0.29) is 23.8 Å². The molecule has 1 aromatic rings. The van der Waals surface area contributed by atoms with Gasteiger partial charge in [-0.3, -0.25) is 9.59 Å². The molecule has 1 unspecified atom stereocenters. The van der Waals surface area contributed by atoms with Crippen LogP contribution in [0, 0.1) is 5.92 Å². The number of aromatic nitrogens is 2. The van der Waals surface area contributed by atoms with Crippen LogP contribution in [-0.4, -0.2) is 52.8 Å².